The molecule has 4 rings (SSSR count). The summed E-state index contributed by atoms with van der Waals surface area (Å²) in [6.45, 7) is 0.412. The molecular formula is C24H17BrN2O4. The van der Waals surface area contributed by atoms with Gasteiger partial charge in [-0.15, -0.1) is 0 Å². The number of benzene rings is 3. The number of amides is 4. The Morgan fingerprint density at radius 3 is 2.26 bits per heavy atom. The van der Waals surface area contributed by atoms with Gasteiger partial charge in [0, 0.05) is 0 Å². The number of anilines is 1. The van der Waals surface area contributed by atoms with E-state index in [0.717, 1.165) is 10.5 Å². The molecule has 7 heteroatoms. The zero-order valence-corrected chi connectivity index (χ0v) is 17.8. The molecule has 31 heavy (non-hydrogen) atoms. The average Bonchev–Trinajstić information content (AvgIpc) is 2.77. The van der Waals surface area contributed by atoms with Crippen molar-refractivity contribution in [1.29, 1.82) is 0 Å². The van der Waals surface area contributed by atoms with Crippen molar-refractivity contribution in [2.45, 2.75) is 6.61 Å². The lowest BCUT2D eigenvalue weighted by Crippen LogP contribution is -2.54. The van der Waals surface area contributed by atoms with Crippen LogP contribution in [0.25, 0.3) is 6.08 Å². The summed E-state index contributed by atoms with van der Waals surface area (Å²) in [5.74, 6) is -0.783. The minimum Gasteiger partial charge on any atom is -0.488 e. The van der Waals surface area contributed by atoms with E-state index in [2.05, 4.69) is 21.2 Å². The van der Waals surface area contributed by atoms with Gasteiger partial charge in [-0.1, -0.05) is 54.6 Å². The molecule has 0 spiro atoms. The second kappa shape index (κ2) is 8.97. The van der Waals surface area contributed by atoms with Crippen molar-refractivity contribution < 1.29 is 19.1 Å². The molecule has 4 amide bonds. The summed E-state index contributed by atoms with van der Waals surface area (Å²) in [4.78, 5) is 38.4. The molecule has 0 aromatic heterocycles. The minimum atomic E-state index is -0.774. The number of para-hydroxylation sites is 1. The van der Waals surface area contributed by atoms with Crippen LogP contribution in [0.2, 0.25) is 0 Å². The van der Waals surface area contributed by atoms with Crippen molar-refractivity contribution in [2.75, 3.05) is 4.90 Å². The van der Waals surface area contributed by atoms with E-state index in [1.54, 1.807) is 48.5 Å². The maximum atomic E-state index is 12.9. The number of halogens is 1. The number of rotatable bonds is 5. The van der Waals surface area contributed by atoms with Gasteiger partial charge < -0.3 is 4.74 Å². The Morgan fingerprint density at radius 2 is 1.58 bits per heavy atom. The van der Waals surface area contributed by atoms with E-state index in [-0.39, 0.29) is 5.57 Å². The van der Waals surface area contributed by atoms with Crippen LogP contribution >= 0.6 is 15.9 Å². The number of urea groups is 1. The van der Waals surface area contributed by atoms with Gasteiger partial charge in [0.25, 0.3) is 11.8 Å². The van der Waals surface area contributed by atoms with Crippen LogP contribution in [0.4, 0.5) is 10.5 Å². The fourth-order valence-corrected chi connectivity index (χ4v) is 3.61. The van der Waals surface area contributed by atoms with Crippen molar-refractivity contribution in [3.63, 3.8) is 0 Å². The highest BCUT2D eigenvalue weighted by atomic mass is 79.9. The summed E-state index contributed by atoms with van der Waals surface area (Å²) in [5, 5.41) is 2.22. The molecule has 0 atom stereocenters. The first kappa shape index (κ1) is 20.6. The zero-order valence-electron chi connectivity index (χ0n) is 16.2. The van der Waals surface area contributed by atoms with Crippen molar-refractivity contribution in [1.82, 2.24) is 5.32 Å². The highest BCUT2D eigenvalue weighted by Gasteiger charge is 2.36. The van der Waals surface area contributed by atoms with Gasteiger partial charge in [-0.25, -0.2) is 9.69 Å². The number of carbonyl (C=O) groups is 3. The second-order valence-corrected chi connectivity index (χ2v) is 7.61. The number of nitrogens with zero attached hydrogens (tertiary/aromatic N) is 1. The molecule has 0 unspecified atom stereocenters. The quantitative estimate of drug-likeness (QED) is 0.427. The van der Waals surface area contributed by atoms with E-state index < -0.39 is 17.8 Å². The second-order valence-electron chi connectivity index (χ2n) is 6.76. The fourth-order valence-electron chi connectivity index (χ4n) is 3.09. The Labute approximate surface area is 187 Å². The number of ether oxygens (including phenoxy) is 1. The number of hydrogen-bond acceptors (Lipinski definition) is 4. The van der Waals surface area contributed by atoms with E-state index in [9.17, 15) is 14.4 Å². The molecule has 154 valence electrons. The Bertz CT molecular complexity index is 1180. The first-order valence-corrected chi connectivity index (χ1v) is 10.2. The van der Waals surface area contributed by atoms with Crippen molar-refractivity contribution in [3.05, 3.63) is 100 Å². The van der Waals surface area contributed by atoms with Crippen LogP contribution in [0.1, 0.15) is 11.1 Å². The van der Waals surface area contributed by atoms with Gasteiger partial charge in [-0.3, -0.25) is 14.9 Å². The highest BCUT2D eigenvalue weighted by molar-refractivity contribution is 9.10. The molecule has 0 saturated carbocycles. The molecule has 1 fully saturated rings. The largest absolute Gasteiger partial charge is 0.488 e. The summed E-state index contributed by atoms with van der Waals surface area (Å²) < 4.78 is 6.51. The maximum Gasteiger partial charge on any atom is 0.335 e. The third kappa shape index (κ3) is 4.57. The molecule has 1 saturated heterocycles. The van der Waals surface area contributed by atoms with Crippen LogP contribution in [0, 0.1) is 0 Å². The summed E-state index contributed by atoms with van der Waals surface area (Å²) in [5.41, 5.74) is 1.90. The van der Waals surface area contributed by atoms with Crippen LogP contribution < -0.4 is 15.0 Å². The first-order valence-electron chi connectivity index (χ1n) is 9.46. The molecule has 3 aromatic carbocycles. The monoisotopic (exact) mass is 476 g/mol. The predicted octanol–water partition coefficient (Wildman–Crippen LogP) is 4.69. The van der Waals surface area contributed by atoms with Crippen LogP contribution in [0.15, 0.2) is 88.9 Å². The topological polar surface area (TPSA) is 75.7 Å². The van der Waals surface area contributed by atoms with Gasteiger partial charge in [0.15, 0.2) is 0 Å². The Balaban J connectivity index is 1.56. The molecule has 3 aromatic rings. The Kier molecular flexibility index (Phi) is 5.95. The maximum absolute atomic E-state index is 12.9. The van der Waals surface area contributed by atoms with E-state index in [0.29, 0.717) is 28.1 Å². The van der Waals surface area contributed by atoms with Crippen LogP contribution in [0.3, 0.4) is 0 Å². The van der Waals surface area contributed by atoms with Gasteiger partial charge in [-0.05, 0) is 57.4 Å². The molecule has 1 aliphatic heterocycles. The van der Waals surface area contributed by atoms with Crippen molar-refractivity contribution in [2.24, 2.45) is 0 Å². The highest BCUT2D eigenvalue weighted by Crippen LogP contribution is 2.29. The molecule has 1 N–H and O–H groups in total. The smallest absolute Gasteiger partial charge is 0.335 e. The van der Waals surface area contributed by atoms with Gasteiger partial charge in [-0.2, -0.15) is 0 Å². The molecule has 1 heterocycles. The third-order valence-electron chi connectivity index (χ3n) is 4.62. The van der Waals surface area contributed by atoms with E-state index >= 15 is 0 Å². The lowest BCUT2D eigenvalue weighted by molar-refractivity contribution is -0.122. The number of carbonyl (C=O) groups excluding carboxylic acids is 3. The summed E-state index contributed by atoms with van der Waals surface area (Å²) in [6, 6.07) is 22.7. The molecule has 0 aliphatic carbocycles. The van der Waals surface area contributed by atoms with E-state index in [1.165, 1.54) is 6.08 Å². The number of hydrogen-bond donors (Lipinski definition) is 1. The Morgan fingerprint density at radius 1 is 0.903 bits per heavy atom. The molecule has 0 bridgehead atoms. The lowest BCUT2D eigenvalue weighted by atomic mass is 10.1. The fraction of sp³-hybridized carbons (Fsp3) is 0.0417. The summed E-state index contributed by atoms with van der Waals surface area (Å²) in [7, 11) is 0. The molecule has 6 nitrogen and oxygen atoms in total. The number of nitrogens with one attached hydrogen (secondary N) is 1. The minimum absolute atomic E-state index is 0.131. The van der Waals surface area contributed by atoms with Gasteiger partial charge >= 0.3 is 6.03 Å². The average molecular weight is 477 g/mol. The van der Waals surface area contributed by atoms with Crippen LogP contribution in [-0.2, 0) is 16.2 Å². The molecule has 1 aliphatic rings. The van der Waals surface area contributed by atoms with Gasteiger partial charge in [0.05, 0.1) is 10.2 Å². The third-order valence-corrected chi connectivity index (χ3v) is 5.24. The van der Waals surface area contributed by atoms with Crippen LogP contribution in [-0.4, -0.2) is 17.8 Å². The standard InChI is InChI=1S/C24H17BrN2O4/c25-20-14-17(11-12-21(20)31-15-16-7-3-1-4-8-16)13-19-22(28)26-24(30)27(23(19)29)18-9-5-2-6-10-18/h1-14H,15H2,(H,26,28,30)/b19-13+. The van der Waals surface area contributed by atoms with Crippen LogP contribution in [0.5, 0.6) is 5.75 Å². The van der Waals surface area contributed by atoms with Crippen molar-refractivity contribution in [3.8, 4) is 5.75 Å². The van der Waals surface area contributed by atoms with Crippen molar-refractivity contribution >= 4 is 45.5 Å². The molecular weight excluding hydrogens is 460 g/mol. The number of barbiturate groups is 1. The Hall–Kier alpha value is -3.71. The van der Waals surface area contributed by atoms with Gasteiger partial charge in [0.2, 0.25) is 0 Å². The lowest BCUT2D eigenvalue weighted by Gasteiger charge is -2.26. The van der Waals surface area contributed by atoms with E-state index in [4.69, 9.17) is 4.74 Å². The van der Waals surface area contributed by atoms with E-state index in [1.807, 2.05) is 30.3 Å². The normalized spacial score (nSPS) is 15.2. The predicted molar refractivity (Wildman–Crippen MR) is 120 cm³/mol. The first-order chi connectivity index (χ1) is 15.0. The zero-order chi connectivity index (χ0) is 21.8. The SMILES string of the molecule is O=C1NC(=O)N(c2ccccc2)C(=O)/C1=C/c1ccc(OCc2ccccc2)c(Br)c1. The summed E-state index contributed by atoms with van der Waals surface area (Å²) in [6.07, 6.45) is 1.45. The molecule has 0 radical (unpaired) electrons. The van der Waals surface area contributed by atoms with Gasteiger partial charge in [0.1, 0.15) is 17.9 Å². The summed E-state index contributed by atoms with van der Waals surface area (Å²) >= 11 is 3.47. The number of imide groups is 2.